The first kappa shape index (κ1) is 16.7. The van der Waals surface area contributed by atoms with Crippen LogP contribution in [-0.2, 0) is 16.0 Å². The summed E-state index contributed by atoms with van der Waals surface area (Å²) < 4.78 is 5.32. The molecule has 0 saturated carbocycles. The number of hydrogen-bond donors (Lipinski definition) is 2. The number of benzene rings is 1. The summed E-state index contributed by atoms with van der Waals surface area (Å²) in [6, 6.07) is 7.85. The second-order valence-corrected chi connectivity index (χ2v) is 5.56. The molecule has 0 saturated heterocycles. The van der Waals surface area contributed by atoms with Gasteiger partial charge in [-0.1, -0.05) is 43.7 Å². The van der Waals surface area contributed by atoms with Crippen LogP contribution in [-0.4, -0.2) is 36.9 Å². The molecule has 1 aromatic carbocycles. The number of nitrogens with one attached hydrogen (secondary N) is 1. The van der Waals surface area contributed by atoms with Crippen molar-refractivity contribution in [3.8, 4) is 0 Å². The zero-order valence-corrected chi connectivity index (χ0v) is 12.6. The first-order chi connectivity index (χ1) is 9.47. The smallest absolute Gasteiger partial charge is 0.224 e. The molecule has 4 nitrogen and oxygen atoms in total. The van der Waals surface area contributed by atoms with E-state index in [4.69, 9.17) is 4.74 Å². The van der Waals surface area contributed by atoms with Crippen LogP contribution < -0.4 is 5.32 Å². The van der Waals surface area contributed by atoms with Gasteiger partial charge in [-0.2, -0.15) is 0 Å². The Bertz CT molecular complexity index is 418. The van der Waals surface area contributed by atoms with E-state index in [2.05, 4.69) is 19.2 Å². The van der Waals surface area contributed by atoms with Crippen LogP contribution >= 0.6 is 0 Å². The highest BCUT2D eigenvalue weighted by atomic mass is 16.5. The molecule has 0 aliphatic carbocycles. The molecule has 1 atom stereocenters. The van der Waals surface area contributed by atoms with Crippen LogP contribution in [0, 0.1) is 12.8 Å². The van der Waals surface area contributed by atoms with Gasteiger partial charge < -0.3 is 15.2 Å². The van der Waals surface area contributed by atoms with Crippen LogP contribution in [0.1, 0.15) is 25.0 Å². The molecule has 1 unspecified atom stereocenters. The molecule has 1 aromatic rings. The minimum atomic E-state index is -0.657. The van der Waals surface area contributed by atoms with E-state index in [-0.39, 0.29) is 19.1 Å². The lowest BCUT2D eigenvalue weighted by molar-refractivity contribution is -0.121. The summed E-state index contributed by atoms with van der Waals surface area (Å²) >= 11 is 0. The van der Waals surface area contributed by atoms with Gasteiger partial charge in [0.15, 0.2) is 0 Å². The van der Waals surface area contributed by atoms with Crippen molar-refractivity contribution >= 4 is 5.91 Å². The molecule has 0 aliphatic rings. The predicted molar refractivity (Wildman–Crippen MR) is 79.6 cm³/mol. The molecule has 4 heteroatoms. The van der Waals surface area contributed by atoms with E-state index in [1.165, 1.54) is 0 Å². The lowest BCUT2D eigenvalue weighted by Gasteiger charge is -2.13. The first-order valence-corrected chi connectivity index (χ1v) is 7.05. The number of rotatable bonds is 8. The number of carbonyl (C=O) groups is 1. The molecule has 112 valence electrons. The van der Waals surface area contributed by atoms with Gasteiger partial charge in [0.05, 0.1) is 19.1 Å². The minimum absolute atomic E-state index is 0.0847. The van der Waals surface area contributed by atoms with Gasteiger partial charge in [0.2, 0.25) is 5.91 Å². The fourth-order valence-corrected chi connectivity index (χ4v) is 1.80. The molecule has 1 rings (SSSR count). The predicted octanol–water partition coefficient (Wildman–Crippen LogP) is 1.69. The summed E-state index contributed by atoms with van der Waals surface area (Å²) in [5.74, 6) is 0.358. The monoisotopic (exact) mass is 279 g/mol. The molecule has 0 aromatic heterocycles. The molecule has 0 heterocycles. The van der Waals surface area contributed by atoms with E-state index < -0.39 is 6.10 Å². The summed E-state index contributed by atoms with van der Waals surface area (Å²) in [5.41, 5.74) is 2.12. The number of aryl methyl sites for hydroxylation is 1. The molecule has 20 heavy (non-hydrogen) atoms. The molecule has 0 spiro atoms. The Balaban J connectivity index is 2.22. The Morgan fingerprint density at radius 2 is 2.10 bits per heavy atom. The summed E-state index contributed by atoms with van der Waals surface area (Å²) in [7, 11) is 0. The Morgan fingerprint density at radius 3 is 2.75 bits per heavy atom. The number of carbonyl (C=O) groups excluding carboxylic acids is 1. The SMILES string of the molecule is Cc1cccc(CC(=O)NCC(O)COCC(C)C)c1. The van der Waals surface area contributed by atoms with Gasteiger partial charge in [0.25, 0.3) is 0 Å². The molecular weight excluding hydrogens is 254 g/mol. The van der Waals surface area contributed by atoms with E-state index in [1.54, 1.807) is 0 Å². The molecule has 0 radical (unpaired) electrons. The van der Waals surface area contributed by atoms with Crippen molar-refractivity contribution in [2.24, 2.45) is 5.92 Å². The number of aliphatic hydroxyl groups excluding tert-OH is 1. The number of hydrogen-bond acceptors (Lipinski definition) is 3. The Morgan fingerprint density at radius 1 is 1.35 bits per heavy atom. The third-order valence-electron chi connectivity index (χ3n) is 2.74. The lowest BCUT2D eigenvalue weighted by atomic mass is 10.1. The standard InChI is InChI=1S/C16H25NO3/c1-12(2)10-20-11-15(18)9-17-16(19)8-14-6-4-5-13(3)7-14/h4-7,12,15,18H,8-11H2,1-3H3,(H,17,19). The Hall–Kier alpha value is -1.39. The van der Waals surface area contributed by atoms with Crippen LogP contribution in [0.3, 0.4) is 0 Å². The summed E-state index contributed by atoms with van der Waals surface area (Å²) in [6.07, 6.45) is -0.323. The van der Waals surface area contributed by atoms with Crippen LogP contribution in [0.25, 0.3) is 0 Å². The second kappa shape index (κ2) is 8.72. The fraction of sp³-hybridized carbons (Fsp3) is 0.562. The average molecular weight is 279 g/mol. The Labute approximate surface area is 121 Å². The topological polar surface area (TPSA) is 58.6 Å². The summed E-state index contributed by atoms with van der Waals surface area (Å²) in [4.78, 5) is 11.7. The van der Waals surface area contributed by atoms with Crippen molar-refractivity contribution in [1.82, 2.24) is 5.32 Å². The normalized spacial score (nSPS) is 12.4. The quantitative estimate of drug-likeness (QED) is 0.761. The van der Waals surface area contributed by atoms with Gasteiger partial charge >= 0.3 is 0 Å². The fourth-order valence-electron chi connectivity index (χ4n) is 1.80. The highest BCUT2D eigenvalue weighted by Gasteiger charge is 2.08. The largest absolute Gasteiger partial charge is 0.389 e. The Kier molecular flexibility index (Phi) is 7.26. The molecule has 1 amide bonds. The van der Waals surface area contributed by atoms with Crippen LogP contribution in [0.2, 0.25) is 0 Å². The van der Waals surface area contributed by atoms with Crippen molar-refractivity contribution in [2.75, 3.05) is 19.8 Å². The van der Waals surface area contributed by atoms with Gasteiger partial charge in [-0.3, -0.25) is 4.79 Å². The first-order valence-electron chi connectivity index (χ1n) is 7.05. The molecule has 0 aliphatic heterocycles. The van der Waals surface area contributed by atoms with E-state index in [0.29, 0.717) is 18.9 Å². The van der Waals surface area contributed by atoms with Crippen molar-refractivity contribution in [2.45, 2.75) is 33.3 Å². The van der Waals surface area contributed by atoms with Crippen molar-refractivity contribution < 1.29 is 14.6 Å². The van der Waals surface area contributed by atoms with Gasteiger partial charge in [-0.05, 0) is 18.4 Å². The van der Waals surface area contributed by atoms with Crippen molar-refractivity contribution in [3.63, 3.8) is 0 Å². The van der Waals surface area contributed by atoms with E-state index in [9.17, 15) is 9.90 Å². The zero-order valence-electron chi connectivity index (χ0n) is 12.6. The number of amides is 1. The molecule has 0 bridgehead atoms. The molecular formula is C16H25NO3. The third kappa shape index (κ3) is 7.26. The average Bonchev–Trinajstić information content (AvgIpc) is 2.36. The maximum Gasteiger partial charge on any atom is 0.224 e. The molecule has 2 N–H and O–H groups in total. The zero-order chi connectivity index (χ0) is 15.0. The van der Waals surface area contributed by atoms with Crippen molar-refractivity contribution in [1.29, 1.82) is 0 Å². The maximum atomic E-state index is 11.7. The van der Waals surface area contributed by atoms with Gasteiger partial charge in [0, 0.05) is 13.2 Å². The summed E-state index contributed by atoms with van der Waals surface area (Å²) in [5, 5.41) is 12.4. The number of aliphatic hydroxyl groups is 1. The lowest BCUT2D eigenvalue weighted by Crippen LogP contribution is -2.35. The van der Waals surface area contributed by atoms with Crippen LogP contribution in [0.4, 0.5) is 0 Å². The van der Waals surface area contributed by atoms with E-state index in [0.717, 1.165) is 11.1 Å². The number of ether oxygens (including phenoxy) is 1. The van der Waals surface area contributed by atoms with Gasteiger partial charge in [-0.25, -0.2) is 0 Å². The molecule has 0 fully saturated rings. The van der Waals surface area contributed by atoms with Crippen molar-refractivity contribution in [3.05, 3.63) is 35.4 Å². The highest BCUT2D eigenvalue weighted by Crippen LogP contribution is 2.04. The summed E-state index contributed by atoms with van der Waals surface area (Å²) in [6.45, 7) is 7.20. The van der Waals surface area contributed by atoms with Crippen LogP contribution in [0.5, 0.6) is 0 Å². The maximum absolute atomic E-state index is 11.7. The highest BCUT2D eigenvalue weighted by molar-refractivity contribution is 5.78. The third-order valence-corrected chi connectivity index (χ3v) is 2.74. The van der Waals surface area contributed by atoms with E-state index >= 15 is 0 Å². The van der Waals surface area contributed by atoms with Gasteiger partial charge in [-0.15, -0.1) is 0 Å². The van der Waals surface area contributed by atoms with Crippen LogP contribution in [0.15, 0.2) is 24.3 Å². The van der Waals surface area contributed by atoms with E-state index in [1.807, 2.05) is 31.2 Å². The van der Waals surface area contributed by atoms with Gasteiger partial charge in [0.1, 0.15) is 0 Å². The minimum Gasteiger partial charge on any atom is -0.389 e. The second-order valence-electron chi connectivity index (χ2n) is 5.56.